The lowest BCUT2D eigenvalue weighted by atomic mass is 9.98. The van der Waals surface area contributed by atoms with Gasteiger partial charge in [0.05, 0.1) is 18.9 Å². The van der Waals surface area contributed by atoms with E-state index in [-0.39, 0.29) is 17.7 Å². The third-order valence-electron chi connectivity index (χ3n) is 3.93. The molecule has 1 heterocycles. The molecule has 1 atom stereocenters. The van der Waals surface area contributed by atoms with Crippen molar-refractivity contribution in [3.63, 3.8) is 0 Å². The van der Waals surface area contributed by atoms with E-state index >= 15 is 0 Å². The van der Waals surface area contributed by atoms with E-state index < -0.39 is 0 Å². The van der Waals surface area contributed by atoms with E-state index in [4.69, 9.17) is 4.74 Å². The highest BCUT2D eigenvalue weighted by Crippen LogP contribution is 2.34. The quantitative estimate of drug-likeness (QED) is 0.947. The molecule has 0 fully saturated rings. The van der Waals surface area contributed by atoms with Gasteiger partial charge in [-0.05, 0) is 23.8 Å². The van der Waals surface area contributed by atoms with Gasteiger partial charge in [0.15, 0.2) is 11.5 Å². The molecule has 5 nitrogen and oxygen atoms in total. The van der Waals surface area contributed by atoms with Crippen molar-refractivity contribution in [2.45, 2.75) is 19.4 Å². The van der Waals surface area contributed by atoms with Gasteiger partial charge >= 0.3 is 0 Å². The molecule has 0 aromatic heterocycles. The van der Waals surface area contributed by atoms with Gasteiger partial charge in [0.1, 0.15) is 0 Å². The molecule has 0 unspecified atom stereocenters. The van der Waals surface area contributed by atoms with E-state index in [1.807, 2.05) is 36.4 Å². The summed E-state index contributed by atoms with van der Waals surface area (Å²) in [6.45, 7) is 1.51. The van der Waals surface area contributed by atoms with Crippen LogP contribution in [0.5, 0.6) is 11.5 Å². The minimum absolute atomic E-state index is 0.0604. The van der Waals surface area contributed by atoms with Gasteiger partial charge in [-0.25, -0.2) is 5.01 Å². The molecule has 23 heavy (non-hydrogen) atoms. The fourth-order valence-electron chi connectivity index (χ4n) is 2.78. The molecule has 1 amide bonds. The van der Waals surface area contributed by atoms with Crippen LogP contribution in [-0.4, -0.2) is 28.8 Å². The topological polar surface area (TPSA) is 62.1 Å². The minimum atomic E-state index is -0.118. The number of benzene rings is 2. The third-order valence-corrected chi connectivity index (χ3v) is 3.93. The smallest absolute Gasteiger partial charge is 0.240 e. The van der Waals surface area contributed by atoms with Gasteiger partial charge in [-0.2, -0.15) is 5.10 Å². The Bertz CT molecular complexity index is 756. The average Bonchev–Trinajstić information content (AvgIpc) is 3.01. The number of hydrogen-bond acceptors (Lipinski definition) is 4. The third kappa shape index (κ3) is 2.90. The van der Waals surface area contributed by atoms with Gasteiger partial charge in [-0.15, -0.1) is 0 Å². The van der Waals surface area contributed by atoms with Gasteiger partial charge in [0, 0.05) is 18.9 Å². The number of phenolic OH excluding ortho intramolecular Hbond substituents is 1. The summed E-state index contributed by atoms with van der Waals surface area (Å²) in [5, 5.41) is 15.9. The highest BCUT2D eigenvalue weighted by Gasteiger charge is 2.31. The van der Waals surface area contributed by atoms with Crippen LogP contribution in [0.2, 0.25) is 0 Å². The second-order valence-electron chi connectivity index (χ2n) is 5.43. The van der Waals surface area contributed by atoms with E-state index in [0.29, 0.717) is 12.2 Å². The first-order valence-electron chi connectivity index (χ1n) is 7.39. The molecule has 0 bridgehead atoms. The summed E-state index contributed by atoms with van der Waals surface area (Å²) >= 11 is 0. The molecular weight excluding hydrogens is 292 g/mol. The van der Waals surface area contributed by atoms with Crippen molar-refractivity contribution in [2.75, 3.05) is 7.11 Å². The zero-order chi connectivity index (χ0) is 16.4. The molecule has 3 rings (SSSR count). The van der Waals surface area contributed by atoms with Gasteiger partial charge in [-0.1, -0.05) is 30.3 Å². The summed E-state index contributed by atoms with van der Waals surface area (Å²) in [6.07, 6.45) is 0.607. The Balaban J connectivity index is 1.94. The SMILES string of the molecule is COc1ccc(C2=NN(C(C)=O)[C@H](c3ccccc3)C2)cc1O. The summed E-state index contributed by atoms with van der Waals surface area (Å²) in [6, 6.07) is 14.9. The standard InChI is InChI=1S/C18H18N2O3/c1-12(21)20-16(13-6-4-3-5-7-13)11-15(19-20)14-8-9-18(23-2)17(22)10-14/h3-10,16,22H,11H2,1-2H3/t16-/m0/s1. The lowest BCUT2D eigenvalue weighted by molar-refractivity contribution is -0.130. The van der Waals surface area contributed by atoms with E-state index in [1.165, 1.54) is 19.0 Å². The van der Waals surface area contributed by atoms with Crippen LogP contribution in [0.25, 0.3) is 0 Å². The highest BCUT2D eigenvalue weighted by atomic mass is 16.5. The second-order valence-corrected chi connectivity index (χ2v) is 5.43. The number of hydrazone groups is 1. The minimum Gasteiger partial charge on any atom is -0.504 e. The predicted molar refractivity (Wildman–Crippen MR) is 87.5 cm³/mol. The summed E-state index contributed by atoms with van der Waals surface area (Å²) in [7, 11) is 1.50. The first kappa shape index (κ1) is 15.1. The molecule has 2 aromatic carbocycles. The maximum atomic E-state index is 11.9. The van der Waals surface area contributed by atoms with E-state index in [1.54, 1.807) is 12.1 Å². The molecule has 0 aliphatic carbocycles. The Morgan fingerprint density at radius 1 is 1.26 bits per heavy atom. The van der Waals surface area contributed by atoms with Gasteiger partial charge < -0.3 is 9.84 Å². The first-order valence-corrected chi connectivity index (χ1v) is 7.39. The number of phenols is 1. The molecule has 118 valence electrons. The molecule has 1 N–H and O–H groups in total. The number of nitrogens with zero attached hydrogens (tertiary/aromatic N) is 2. The maximum Gasteiger partial charge on any atom is 0.240 e. The van der Waals surface area contributed by atoms with Crippen LogP contribution >= 0.6 is 0 Å². The summed E-state index contributed by atoms with van der Waals surface area (Å²) < 4.78 is 5.06. The fraction of sp³-hybridized carbons (Fsp3) is 0.222. The van der Waals surface area contributed by atoms with Crippen molar-refractivity contribution in [2.24, 2.45) is 5.10 Å². The van der Waals surface area contributed by atoms with E-state index in [2.05, 4.69) is 5.10 Å². The van der Waals surface area contributed by atoms with E-state index in [9.17, 15) is 9.90 Å². The van der Waals surface area contributed by atoms with Crippen LogP contribution in [-0.2, 0) is 4.79 Å². The molecule has 0 radical (unpaired) electrons. The number of hydrogen-bond donors (Lipinski definition) is 1. The summed E-state index contributed by atoms with van der Waals surface area (Å²) in [4.78, 5) is 11.9. The van der Waals surface area contributed by atoms with Crippen LogP contribution < -0.4 is 4.74 Å². The van der Waals surface area contributed by atoms with Gasteiger partial charge in [-0.3, -0.25) is 4.79 Å². The maximum absolute atomic E-state index is 11.9. The Morgan fingerprint density at radius 3 is 2.61 bits per heavy atom. The van der Waals surface area contributed by atoms with Crippen molar-refractivity contribution in [3.05, 3.63) is 59.7 Å². The molecule has 5 heteroatoms. The Labute approximate surface area is 134 Å². The molecule has 0 spiro atoms. The molecule has 1 aliphatic heterocycles. The van der Waals surface area contributed by atoms with Crippen LogP contribution in [0.4, 0.5) is 0 Å². The van der Waals surface area contributed by atoms with Crippen molar-refractivity contribution < 1.29 is 14.6 Å². The number of carbonyl (C=O) groups excluding carboxylic acids is 1. The predicted octanol–water partition coefficient (Wildman–Crippen LogP) is 3.10. The lowest BCUT2D eigenvalue weighted by Crippen LogP contribution is -2.24. The van der Waals surface area contributed by atoms with Crippen molar-refractivity contribution >= 4 is 11.6 Å². The molecule has 0 saturated heterocycles. The molecular formula is C18H18N2O3. The molecule has 0 saturated carbocycles. The van der Waals surface area contributed by atoms with Crippen LogP contribution in [0, 0.1) is 0 Å². The van der Waals surface area contributed by atoms with Crippen molar-refractivity contribution in [1.82, 2.24) is 5.01 Å². The Kier molecular flexibility index (Phi) is 4.02. The van der Waals surface area contributed by atoms with Crippen molar-refractivity contribution in [1.29, 1.82) is 0 Å². The number of amides is 1. The first-order chi connectivity index (χ1) is 11.1. The van der Waals surface area contributed by atoms with Crippen LogP contribution in [0.15, 0.2) is 53.6 Å². The normalized spacial score (nSPS) is 17.0. The lowest BCUT2D eigenvalue weighted by Gasteiger charge is -2.20. The Hall–Kier alpha value is -2.82. The van der Waals surface area contributed by atoms with Crippen molar-refractivity contribution in [3.8, 4) is 11.5 Å². The fourth-order valence-corrected chi connectivity index (χ4v) is 2.78. The van der Waals surface area contributed by atoms with Crippen LogP contribution in [0.3, 0.4) is 0 Å². The number of methoxy groups -OCH3 is 1. The summed E-state index contributed by atoms with van der Waals surface area (Å²) in [5.74, 6) is 0.368. The summed E-state index contributed by atoms with van der Waals surface area (Å²) in [5.41, 5.74) is 2.60. The second kappa shape index (κ2) is 6.12. The highest BCUT2D eigenvalue weighted by molar-refractivity contribution is 6.03. The van der Waals surface area contributed by atoms with Gasteiger partial charge in [0.25, 0.3) is 0 Å². The number of ether oxygens (including phenoxy) is 1. The zero-order valence-electron chi connectivity index (χ0n) is 13.1. The number of rotatable bonds is 3. The molecule has 1 aliphatic rings. The monoisotopic (exact) mass is 310 g/mol. The van der Waals surface area contributed by atoms with Gasteiger partial charge in [0.2, 0.25) is 5.91 Å². The molecule has 2 aromatic rings. The van der Waals surface area contributed by atoms with E-state index in [0.717, 1.165) is 16.8 Å². The number of aromatic hydroxyl groups is 1. The number of carbonyl (C=O) groups is 1. The Morgan fingerprint density at radius 2 is 2.00 bits per heavy atom. The zero-order valence-corrected chi connectivity index (χ0v) is 13.1. The van der Waals surface area contributed by atoms with Crippen LogP contribution in [0.1, 0.15) is 30.5 Å². The largest absolute Gasteiger partial charge is 0.504 e. The average molecular weight is 310 g/mol.